The first-order valence-corrected chi connectivity index (χ1v) is 7.50. The maximum atomic E-state index is 12.4. The molecular weight excluding hydrogens is 340 g/mol. The van der Waals surface area contributed by atoms with E-state index in [0.717, 1.165) is 15.7 Å². The fourth-order valence-corrected chi connectivity index (χ4v) is 2.53. The van der Waals surface area contributed by atoms with Gasteiger partial charge in [-0.05, 0) is 60.5 Å². The van der Waals surface area contributed by atoms with Gasteiger partial charge >= 0.3 is 0 Å². The van der Waals surface area contributed by atoms with Crippen molar-refractivity contribution in [1.82, 2.24) is 4.57 Å². The minimum atomic E-state index is -0.170. The second-order valence-corrected chi connectivity index (χ2v) is 6.27. The predicted molar refractivity (Wildman–Crippen MR) is 86.7 cm³/mol. The number of carbonyl (C=O) groups is 1. The quantitative estimate of drug-likeness (QED) is 0.821. The molecule has 1 heterocycles. The number of benzene rings is 1. The molecule has 1 N–H and O–H groups in total. The van der Waals surface area contributed by atoms with Gasteiger partial charge in [-0.25, -0.2) is 0 Å². The number of aryl methyl sites for hydroxylation is 1. The van der Waals surface area contributed by atoms with E-state index in [0.29, 0.717) is 10.7 Å². The second kappa shape index (κ2) is 6.02. The minimum absolute atomic E-state index is 0.170. The van der Waals surface area contributed by atoms with Gasteiger partial charge in [-0.15, -0.1) is 0 Å². The lowest BCUT2D eigenvalue weighted by atomic mass is 10.2. The van der Waals surface area contributed by atoms with Gasteiger partial charge in [-0.2, -0.15) is 0 Å². The maximum absolute atomic E-state index is 12.4. The second-order valence-electron chi connectivity index (χ2n) is 4.98. The molecule has 0 saturated heterocycles. The van der Waals surface area contributed by atoms with Crippen molar-refractivity contribution < 1.29 is 4.79 Å². The fraction of sp³-hybridized carbons (Fsp3) is 0.267. The van der Waals surface area contributed by atoms with Gasteiger partial charge in [0.25, 0.3) is 5.91 Å². The highest BCUT2D eigenvalue weighted by atomic mass is 79.9. The van der Waals surface area contributed by atoms with E-state index in [4.69, 9.17) is 11.6 Å². The molecule has 0 saturated carbocycles. The van der Waals surface area contributed by atoms with Crippen molar-refractivity contribution in [3.05, 3.63) is 51.2 Å². The van der Waals surface area contributed by atoms with E-state index in [-0.39, 0.29) is 11.9 Å². The predicted octanol–water partition coefficient (Wildman–Crippen LogP) is 5.05. The van der Waals surface area contributed by atoms with Gasteiger partial charge in [0.15, 0.2) is 0 Å². The van der Waals surface area contributed by atoms with Crippen LogP contribution < -0.4 is 5.32 Å². The molecule has 2 rings (SSSR count). The van der Waals surface area contributed by atoms with E-state index in [1.807, 2.05) is 43.5 Å². The van der Waals surface area contributed by atoms with Crippen molar-refractivity contribution in [3.63, 3.8) is 0 Å². The Bertz CT molecular complexity index is 649. The summed E-state index contributed by atoms with van der Waals surface area (Å²) >= 11 is 9.44. The van der Waals surface area contributed by atoms with E-state index in [2.05, 4.69) is 21.2 Å². The Morgan fingerprint density at radius 3 is 2.70 bits per heavy atom. The van der Waals surface area contributed by atoms with Crippen molar-refractivity contribution >= 4 is 39.1 Å². The highest BCUT2D eigenvalue weighted by Gasteiger charge is 2.16. The summed E-state index contributed by atoms with van der Waals surface area (Å²) in [5.74, 6) is -0.170. The lowest BCUT2D eigenvalue weighted by Gasteiger charge is -2.13. The summed E-state index contributed by atoms with van der Waals surface area (Å²) in [6.45, 7) is 6.00. The molecule has 0 aliphatic heterocycles. The molecule has 20 heavy (non-hydrogen) atoms. The molecule has 3 nitrogen and oxygen atoms in total. The first-order valence-electron chi connectivity index (χ1n) is 6.33. The lowest BCUT2D eigenvalue weighted by molar-refractivity contribution is 0.101. The van der Waals surface area contributed by atoms with E-state index in [9.17, 15) is 4.79 Å². The molecule has 0 unspecified atom stereocenters. The number of aromatic nitrogens is 1. The molecule has 2 aromatic rings. The van der Waals surface area contributed by atoms with Crippen LogP contribution in [0.25, 0.3) is 0 Å². The number of carbonyl (C=O) groups excluding carboxylic acids is 1. The number of amides is 1. The van der Waals surface area contributed by atoms with Crippen LogP contribution in [-0.4, -0.2) is 10.5 Å². The summed E-state index contributed by atoms with van der Waals surface area (Å²) in [4.78, 5) is 12.4. The molecule has 0 aliphatic rings. The first kappa shape index (κ1) is 15.1. The summed E-state index contributed by atoms with van der Waals surface area (Å²) < 4.78 is 2.71. The molecule has 1 aromatic heterocycles. The summed E-state index contributed by atoms with van der Waals surface area (Å²) in [5.41, 5.74) is 2.39. The molecular formula is C15H16BrClN2O. The smallest absolute Gasteiger partial charge is 0.272 e. The van der Waals surface area contributed by atoms with Crippen LogP contribution in [0.3, 0.4) is 0 Å². The van der Waals surface area contributed by atoms with E-state index in [1.165, 1.54) is 0 Å². The molecule has 106 valence electrons. The number of rotatable bonds is 3. The maximum Gasteiger partial charge on any atom is 0.272 e. The zero-order valence-corrected chi connectivity index (χ0v) is 13.9. The number of anilines is 1. The SMILES string of the molecule is Cc1ccc(Br)c(NC(=O)c2cc(Cl)cn2C(C)C)c1. The molecule has 0 radical (unpaired) electrons. The van der Waals surface area contributed by atoms with Crippen molar-refractivity contribution in [3.8, 4) is 0 Å². The van der Waals surface area contributed by atoms with Gasteiger partial charge in [-0.3, -0.25) is 4.79 Å². The van der Waals surface area contributed by atoms with Crippen molar-refractivity contribution in [2.24, 2.45) is 0 Å². The Hall–Kier alpha value is -1.26. The monoisotopic (exact) mass is 354 g/mol. The molecule has 1 aromatic carbocycles. The van der Waals surface area contributed by atoms with E-state index >= 15 is 0 Å². The molecule has 1 amide bonds. The van der Waals surface area contributed by atoms with Gasteiger partial charge in [-0.1, -0.05) is 17.7 Å². The Kier molecular flexibility index (Phi) is 4.55. The Morgan fingerprint density at radius 2 is 2.05 bits per heavy atom. The van der Waals surface area contributed by atoms with E-state index < -0.39 is 0 Å². The van der Waals surface area contributed by atoms with Crippen molar-refractivity contribution in [2.75, 3.05) is 5.32 Å². The highest BCUT2D eigenvalue weighted by Crippen LogP contribution is 2.25. The first-order chi connectivity index (χ1) is 9.38. The Labute approximate surface area is 132 Å². The van der Waals surface area contributed by atoms with Gasteiger partial charge in [0.2, 0.25) is 0 Å². The van der Waals surface area contributed by atoms with Gasteiger partial charge in [0.1, 0.15) is 5.69 Å². The molecule has 0 fully saturated rings. The summed E-state index contributed by atoms with van der Waals surface area (Å²) in [6, 6.07) is 7.67. The van der Waals surface area contributed by atoms with Crippen LogP contribution in [0.5, 0.6) is 0 Å². The van der Waals surface area contributed by atoms with Crippen LogP contribution in [0.4, 0.5) is 5.69 Å². The van der Waals surface area contributed by atoms with Crippen molar-refractivity contribution in [2.45, 2.75) is 26.8 Å². The third-order valence-corrected chi connectivity index (χ3v) is 3.87. The lowest BCUT2D eigenvalue weighted by Crippen LogP contribution is -2.18. The average molecular weight is 356 g/mol. The third kappa shape index (κ3) is 3.25. The van der Waals surface area contributed by atoms with E-state index in [1.54, 1.807) is 12.3 Å². The number of hydrogen-bond acceptors (Lipinski definition) is 1. The standard InChI is InChI=1S/C15H16BrClN2O/c1-9(2)19-8-11(17)7-14(19)15(20)18-13-6-10(3)4-5-12(13)16/h4-9H,1-3H3,(H,18,20). The van der Waals surface area contributed by atoms with Crippen LogP contribution in [0.2, 0.25) is 5.02 Å². The van der Waals surface area contributed by atoms with Crippen LogP contribution in [-0.2, 0) is 0 Å². The zero-order valence-electron chi connectivity index (χ0n) is 11.6. The van der Waals surface area contributed by atoms with Crippen LogP contribution in [0.1, 0.15) is 35.9 Å². The third-order valence-electron chi connectivity index (χ3n) is 2.97. The summed E-state index contributed by atoms with van der Waals surface area (Å²) in [7, 11) is 0. The molecule has 0 aliphatic carbocycles. The normalized spacial score (nSPS) is 10.9. The minimum Gasteiger partial charge on any atom is -0.339 e. The number of halogens is 2. The largest absolute Gasteiger partial charge is 0.339 e. The number of nitrogens with one attached hydrogen (secondary N) is 1. The van der Waals surface area contributed by atoms with Crippen LogP contribution in [0.15, 0.2) is 34.9 Å². The zero-order chi connectivity index (χ0) is 14.9. The highest BCUT2D eigenvalue weighted by molar-refractivity contribution is 9.10. The number of hydrogen-bond donors (Lipinski definition) is 1. The fourth-order valence-electron chi connectivity index (χ4n) is 1.98. The van der Waals surface area contributed by atoms with Crippen molar-refractivity contribution in [1.29, 1.82) is 0 Å². The van der Waals surface area contributed by atoms with Gasteiger partial charge in [0.05, 0.1) is 10.7 Å². The van der Waals surface area contributed by atoms with Crippen LogP contribution >= 0.6 is 27.5 Å². The summed E-state index contributed by atoms with van der Waals surface area (Å²) in [6.07, 6.45) is 1.77. The average Bonchev–Trinajstić information content (AvgIpc) is 2.76. The topological polar surface area (TPSA) is 34.0 Å². The number of nitrogens with zero attached hydrogens (tertiary/aromatic N) is 1. The van der Waals surface area contributed by atoms with Crippen LogP contribution in [0, 0.1) is 6.92 Å². The Morgan fingerprint density at radius 1 is 1.35 bits per heavy atom. The molecule has 0 atom stereocenters. The summed E-state index contributed by atoms with van der Waals surface area (Å²) in [5, 5.41) is 3.47. The van der Waals surface area contributed by atoms with Gasteiger partial charge in [0, 0.05) is 16.7 Å². The molecule has 5 heteroatoms. The molecule has 0 bridgehead atoms. The Balaban J connectivity index is 2.31. The van der Waals surface area contributed by atoms with Gasteiger partial charge < -0.3 is 9.88 Å². The molecule has 0 spiro atoms.